The van der Waals surface area contributed by atoms with Crippen molar-refractivity contribution in [2.45, 2.75) is 6.92 Å². The summed E-state index contributed by atoms with van der Waals surface area (Å²) in [6, 6.07) is 8.95. The number of carbonyl (C=O) groups excluding carboxylic acids is 1. The van der Waals surface area contributed by atoms with Crippen LogP contribution in [0.3, 0.4) is 0 Å². The Bertz CT molecular complexity index is 443. The lowest BCUT2D eigenvalue weighted by atomic mass is 10.1. The fourth-order valence-electron chi connectivity index (χ4n) is 1.31. The van der Waals surface area contributed by atoms with Gasteiger partial charge in [0, 0.05) is 12.6 Å². The minimum absolute atomic E-state index is 0.580. The zero-order valence-electron chi connectivity index (χ0n) is 8.82. The van der Waals surface area contributed by atoms with Gasteiger partial charge in [-0.1, -0.05) is 24.8 Å². The van der Waals surface area contributed by atoms with E-state index in [2.05, 4.69) is 6.58 Å². The van der Waals surface area contributed by atoms with Gasteiger partial charge in [0.1, 0.15) is 0 Å². The molecule has 3 heteroatoms. The number of nitrogens with zero attached hydrogens (tertiary/aromatic N) is 2. The predicted molar refractivity (Wildman–Crippen MR) is 60.2 cm³/mol. The number of hydrogen-bond acceptors (Lipinski definition) is 2. The Morgan fingerprint density at radius 3 is 2.60 bits per heavy atom. The zero-order valence-corrected chi connectivity index (χ0v) is 8.82. The smallest absolute Gasteiger partial charge is 0.302 e. The standard InChI is InChI=1S/C12H12N2O/c1-9(2)10-6-4-5-7-11(10)14(3)12(15)8-13/h4-7H,1H2,2-3H3. The second-order valence-corrected chi connectivity index (χ2v) is 3.27. The van der Waals surface area contributed by atoms with E-state index in [1.54, 1.807) is 19.2 Å². The lowest BCUT2D eigenvalue weighted by molar-refractivity contribution is -0.113. The lowest BCUT2D eigenvalue weighted by Crippen LogP contribution is -2.25. The topological polar surface area (TPSA) is 44.1 Å². The number of amides is 1. The van der Waals surface area contributed by atoms with Gasteiger partial charge in [0.2, 0.25) is 0 Å². The van der Waals surface area contributed by atoms with Crippen molar-refractivity contribution >= 4 is 17.2 Å². The molecular formula is C12H12N2O. The third-order valence-electron chi connectivity index (χ3n) is 2.13. The molecule has 0 unspecified atom stereocenters. The van der Waals surface area contributed by atoms with Gasteiger partial charge in [-0.05, 0) is 18.6 Å². The van der Waals surface area contributed by atoms with E-state index in [0.717, 1.165) is 11.1 Å². The molecule has 0 saturated heterocycles. The molecule has 0 atom stereocenters. The van der Waals surface area contributed by atoms with Gasteiger partial charge in [-0.3, -0.25) is 4.79 Å². The van der Waals surface area contributed by atoms with Crippen LogP contribution in [-0.4, -0.2) is 13.0 Å². The highest BCUT2D eigenvalue weighted by Crippen LogP contribution is 2.24. The maximum Gasteiger partial charge on any atom is 0.329 e. The molecule has 3 nitrogen and oxygen atoms in total. The van der Waals surface area contributed by atoms with Crippen molar-refractivity contribution in [1.82, 2.24) is 0 Å². The first kappa shape index (κ1) is 11.0. The number of rotatable bonds is 2. The van der Waals surface area contributed by atoms with Crippen molar-refractivity contribution in [2.24, 2.45) is 0 Å². The van der Waals surface area contributed by atoms with Crippen molar-refractivity contribution in [1.29, 1.82) is 5.26 Å². The zero-order chi connectivity index (χ0) is 11.4. The van der Waals surface area contributed by atoms with Gasteiger partial charge in [0.25, 0.3) is 0 Å². The molecule has 15 heavy (non-hydrogen) atoms. The average molecular weight is 200 g/mol. The lowest BCUT2D eigenvalue weighted by Gasteiger charge is -2.17. The summed E-state index contributed by atoms with van der Waals surface area (Å²) in [5.74, 6) is -0.580. The molecule has 0 aliphatic heterocycles. The van der Waals surface area contributed by atoms with Crippen molar-refractivity contribution in [3.63, 3.8) is 0 Å². The molecule has 0 N–H and O–H groups in total. The van der Waals surface area contributed by atoms with Gasteiger partial charge in [0.05, 0.1) is 5.69 Å². The van der Waals surface area contributed by atoms with Gasteiger partial charge in [-0.25, -0.2) is 0 Å². The highest BCUT2D eigenvalue weighted by molar-refractivity contribution is 6.05. The first-order valence-corrected chi connectivity index (χ1v) is 4.50. The van der Waals surface area contributed by atoms with Crippen LogP contribution in [0.1, 0.15) is 12.5 Å². The molecule has 1 aromatic rings. The van der Waals surface area contributed by atoms with Gasteiger partial charge < -0.3 is 4.90 Å². The molecule has 0 aliphatic carbocycles. The van der Waals surface area contributed by atoms with E-state index in [1.807, 2.05) is 25.1 Å². The molecule has 1 rings (SSSR count). The maximum atomic E-state index is 11.2. The maximum absolute atomic E-state index is 11.2. The molecular weight excluding hydrogens is 188 g/mol. The molecule has 0 saturated carbocycles. The summed E-state index contributed by atoms with van der Waals surface area (Å²) < 4.78 is 0. The molecule has 1 amide bonds. The van der Waals surface area contributed by atoms with Crippen molar-refractivity contribution < 1.29 is 4.79 Å². The Labute approximate surface area is 89.2 Å². The number of benzene rings is 1. The largest absolute Gasteiger partial charge is 0.329 e. The van der Waals surface area contributed by atoms with E-state index < -0.39 is 5.91 Å². The number of carbonyl (C=O) groups is 1. The second-order valence-electron chi connectivity index (χ2n) is 3.27. The Balaban J connectivity index is 3.20. The summed E-state index contributed by atoms with van der Waals surface area (Å²) in [7, 11) is 1.58. The van der Waals surface area contributed by atoms with Gasteiger partial charge in [-0.2, -0.15) is 5.26 Å². The Morgan fingerprint density at radius 1 is 1.47 bits per heavy atom. The molecule has 1 aromatic carbocycles. The van der Waals surface area contributed by atoms with Crippen LogP contribution >= 0.6 is 0 Å². The van der Waals surface area contributed by atoms with Crippen molar-refractivity contribution in [2.75, 3.05) is 11.9 Å². The molecule has 0 heterocycles. The fraction of sp³-hybridized carbons (Fsp3) is 0.167. The van der Waals surface area contributed by atoms with E-state index in [4.69, 9.17) is 5.26 Å². The van der Waals surface area contributed by atoms with Crippen LogP contribution in [0.25, 0.3) is 5.57 Å². The van der Waals surface area contributed by atoms with Gasteiger partial charge in [-0.15, -0.1) is 0 Å². The van der Waals surface area contributed by atoms with Crippen LogP contribution in [0.4, 0.5) is 5.69 Å². The number of nitriles is 1. The van der Waals surface area contributed by atoms with Crippen LogP contribution in [0.15, 0.2) is 30.8 Å². The Hall–Kier alpha value is -2.08. The van der Waals surface area contributed by atoms with Gasteiger partial charge >= 0.3 is 5.91 Å². The van der Waals surface area contributed by atoms with Crippen LogP contribution in [0.5, 0.6) is 0 Å². The molecule has 0 radical (unpaired) electrons. The SMILES string of the molecule is C=C(C)c1ccccc1N(C)C(=O)C#N. The first-order valence-electron chi connectivity index (χ1n) is 4.50. The molecule has 0 aliphatic rings. The number of para-hydroxylation sites is 1. The monoisotopic (exact) mass is 200 g/mol. The van der Waals surface area contributed by atoms with Crippen LogP contribution in [0.2, 0.25) is 0 Å². The minimum atomic E-state index is -0.580. The van der Waals surface area contributed by atoms with E-state index in [0.29, 0.717) is 5.69 Å². The molecule has 0 bridgehead atoms. The summed E-state index contributed by atoms with van der Waals surface area (Å²) in [4.78, 5) is 12.5. The summed E-state index contributed by atoms with van der Waals surface area (Å²) in [6.45, 7) is 5.70. The molecule has 0 fully saturated rings. The molecule has 0 aromatic heterocycles. The normalized spacial score (nSPS) is 9.13. The molecule has 76 valence electrons. The quantitative estimate of drug-likeness (QED) is 0.687. The number of allylic oxidation sites excluding steroid dienone is 1. The Kier molecular flexibility index (Phi) is 3.25. The summed E-state index contributed by atoms with van der Waals surface area (Å²) in [5.41, 5.74) is 2.45. The van der Waals surface area contributed by atoms with E-state index in [-0.39, 0.29) is 0 Å². The van der Waals surface area contributed by atoms with Gasteiger partial charge in [0.15, 0.2) is 6.07 Å². The third-order valence-corrected chi connectivity index (χ3v) is 2.13. The predicted octanol–water partition coefficient (Wildman–Crippen LogP) is 2.21. The minimum Gasteiger partial charge on any atom is -0.302 e. The van der Waals surface area contributed by atoms with Crippen molar-refractivity contribution in [3.05, 3.63) is 36.4 Å². The number of hydrogen-bond donors (Lipinski definition) is 0. The summed E-state index contributed by atoms with van der Waals surface area (Å²) in [5, 5.41) is 8.53. The van der Waals surface area contributed by atoms with Crippen molar-refractivity contribution in [3.8, 4) is 6.07 Å². The van der Waals surface area contributed by atoms with E-state index in [9.17, 15) is 4.79 Å². The Morgan fingerprint density at radius 2 is 2.07 bits per heavy atom. The number of anilines is 1. The highest BCUT2D eigenvalue weighted by Gasteiger charge is 2.13. The second kappa shape index (κ2) is 4.43. The average Bonchev–Trinajstić information content (AvgIpc) is 2.27. The van der Waals surface area contributed by atoms with Crippen LogP contribution < -0.4 is 4.90 Å². The van der Waals surface area contributed by atoms with Crippen LogP contribution in [0, 0.1) is 11.3 Å². The van der Waals surface area contributed by atoms with Crippen LogP contribution in [-0.2, 0) is 4.79 Å². The third kappa shape index (κ3) is 2.23. The highest BCUT2D eigenvalue weighted by atomic mass is 16.2. The van der Waals surface area contributed by atoms with E-state index in [1.165, 1.54) is 4.90 Å². The molecule has 0 spiro atoms. The van der Waals surface area contributed by atoms with E-state index >= 15 is 0 Å². The summed E-state index contributed by atoms with van der Waals surface area (Å²) >= 11 is 0. The fourth-order valence-corrected chi connectivity index (χ4v) is 1.31. The summed E-state index contributed by atoms with van der Waals surface area (Å²) in [6.07, 6.45) is 0. The first-order chi connectivity index (χ1) is 7.07.